The highest BCUT2D eigenvalue weighted by Crippen LogP contribution is 2.45. The van der Waals surface area contributed by atoms with Gasteiger partial charge in [0.25, 0.3) is 0 Å². The molecule has 1 saturated carbocycles. The van der Waals surface area contributed by atoms with Crippen molar-refractivity contribution in [1.29, 1.82) is 0 Å². The van der Waals surface area contributed by atoms with Gasteiger partial charge < -0.3 is 24.2 Å². The number of hydrogen-bond acceptors (Lipinski definition) is 5. The largest absolute Gasteiger partial charge is 0.497 e. The van der Waals surface area contributed by atoms with Crippen LogP contribution in [0.15, 0.2) is 66.7 Å². The molecule has 0 aromatic heterocycles. The number of nitrogens with zero attached hydrogens (tertiary/aromatic N) is 1. The molecule has 5 rings (SSSR count). The van der Waals surface area contributed by atoms with Crippen LogP contribution < -0.4 is 19.1 Å². The van der Waals surface area contributed by atoms with Crippen LogP contribution in [-0.4, -0.2) is 45.0 Å². The van der Waals surface area contributed by atoms with Gasteiger partial charge in [0.2, 0.25) is 0 Å². The molecule has 1 saturated heterocycles. The highest BCUT2D eigenvalue weighted by atomic mass is 16.5. The molecule has 2 aliphatic rings. The summed E-state index contributed by atoms with van der Waals surface area (Å²) in [7, 11) is 3.41. The van der Waals surface area contributed by atoms with Crippen LogP contribution in [0.25, 0.3) is 11.1 Å². The number of hydrogen-bond donors (Lipinski definition) is 1. The molecule has 38 heavy (non-hydrogen) atoms. The molecule has 0 unspecified atom stereocenters. The molecule has 200 valence electrons. The average Bonchev–Trinajstić information content (AvgIpc) is 3.80. The fraction of sp³-hybridized carbons (Fsp3) is 0.406. The Balaban J connectivity index is 1.23. The van der Waals surface area contributed by atoms with E-state index in [4.69, 9.17) is 14.2 Å². The Morgan fingerprint density at radius 1 is 0.895 bits per heavy atom. The lowest BCUT2D eigenvalue weighted by molar-refractivity contribution is -0.137. The first kappa shape index (κ1) is 26.0. The number of carboxylic acid groups (broad SMARTS) is 1. The summed E-state index contributed by atoms with van der Waals surface area (Å²) in [6.07, 6.45) is 4.49. The van der Waals surface area contributed by atoms with Crippen LogP contribution in [0.4, 0.5) is 5.69 Å². The van der Waals surface area contributed by atoms with Gasteiger partial charge in [-0.2, -0.15) is 0 Å². The minimum Gasteiger partial charge on any atom is -0.497 e. The summed E-state index contributed by atoms with van der Waals surface area (Å²) in [6, 6.07) is 22.5. The van der Waals surface area contributed by atoms with E-state index in [1.165, 1.54) is 0 Å². The second kappa shape index (κ2) is 11.8. The minimum atomic E-state index is -0.732. The second-order valence-electron chi connectivity index (χ2n) is 10.4. The molecule has 1 atom stereocenters. The first-order valence-corrected chi connectivity index (χ1v) is 13.6. The molecule has 1 heterocycles. The molecule has 0 amide bonds. The summed E-state index contributed by atoms with van der Waals surface area (Å²) in [5.74, 6) is 2.85. The summed E-state index contributed by atoms with van der Waals surface area (Å²) in [5, 5.41) is 9.36. The van der Waals surface area contributed by atoms with Crippen LogP contribution in [-0.2, 0) is 4.79 Å². The number of methoxy groups -OCH3 is 2. The lowest BCUT2D eigenvalue weighted by atomic mass is 9.91. The number of benzene rings is 3. The van der Waals surface area contributed by atoms with Crippen LogP contribution >= 0.6 is 0 Å². The topological polar surface area (TPSA) is 68.2 Å². The lowest BCUT2D eigenvalue weighted by Gasteiger charge is -2.35. The van der Waals surface area contributed by atoms with E-state index in [0.29, 0.717) is 18.4 Å². The highest BCUT2D eigenvalue weighted by molar-refractivity contribution is 5.83. The van der Waals surface area contributed by atoms with Gasteiger partial charge in [-0.25, -0.2) is 0 Å². The van der Waals surface area contributed by atoms with Gasteiger partial charge in [0.05, 0.1) is 27.2 Å². The quantitative estimate of drug-likeness (QED) is 0.309. The van der Waals surface area contributed by atoms with Gasteiger partial charge in [-0.05, 0) is 79.3 Å². The summed E-state index contributed by atoms with van der Waals surface area (Å²) in [4.78, 5) is 13.8. The smallest absolute Gasteiger partial charge is 0.303 e. The molecule has 0 bridgehead atoms. The molecule has 0 radical (unpaired) electrons. The predicted octanol–water partition coefficient (Wildman–Crippen LogP) is 6.63. The molecule has 2 fully saturated rings. The number of rotatable bonds is 11. The van der Waals surface area contributed by atoms with E-state index in [2.05, 4.69) is 29.2 Å². The summed E-state index contributed by atoms with van der Waals surface area (Å²) in [6.45, 7) is 2.54. The van der Waals surface area contributed by atoms with Crippen LogP contribution in [0.2, 0.25) is 0 Å². The van der Waals surface area contributed by atoms with E-state index in [1.54, 1.807) is 14.2 Å². The maximum absolute atomic E-state index is 11.4. The zero-order valence-corrected chi connectivity index (χ0v) is 22.3. The zero-order valence-electron chi connectivity index (χ0n) is 22.3. The van der Waals surface area contributed by atoms with Crippen LogP contribution in [0, 0.1) is 11.8 Å². The normalized spacial score (nSPS) is 16.6. The molecule has 6 nitrogen and oxygen atoms in total. The van der Waals surface area contributed by atoms with Crippen molar-refractivity contribution in [3.63, 3.8) is 0 Å². The lowest BCUT2D eigenvalue weighted by Crippen LogP contribution is -2.35. The van der Waals surface area contributed by atoms with Crippen LogP contribution in [0.1, 0.15) is 43.6 Å². The number of carboxylic acids is 1. The van der Waals surface area contributed by atoms with E-state index in [0.717, 1.165) is 78.4 Å². The third-order valence-electron chi connectivity index (χ3n) is 7.91. The maximum atomic E-state index is 11.4. The first-order chi connectivity index (χ1) is 18.6. The Morgan fingerprint density at radius 3 is 2.39 bits per heavy atom. The fourth-order valence-electron chi connectivity index (χ4n) is 5.63. The molecule has 0 spiro atoms. The number of piperidine rings is 1. The molecule has 3 aromatic carbocycles. The number of ether oxygens (including phenoxy) is 3. The predicted molar refractivity (Wildman–Crippen MR) is 150 cm³/mol. The van der Waals surface area contributed by atoms with Crippen molar-refractivity contribution in [2.24, 2.45) is 11.8 Å². The molecule has 6 heteroatoms. The zero-order chi connectivity index (χ0) is 26.5. The van der Waals surface area contributed by atoms with Crippen LogP contribution in [0.3, 0.4) is 0 Å². The third-order valence-corrected chi connectivity index (χ3v) is 7.91. The van der Waals surface area contributed by atoms with Gasteiger partial charge in [-0.15, -0.1) is 0 Å². The Kier molecular flexibility index (Phi) is 8.06. The molecule has 1 N–H and O–H groups in total. The van der Waals surface area contributed by atoms with E-state index in [9.17, 15) is 9.90 Å². The highest BCUT2D eigenvalue weighted by Gasteiger charge is 2.34. The summed E-state index contributed by atoms with van der Waals surface area (Å²) < 4.78 is 17.4. The van der Waals surface area contributed by atoms with Crippen molar-refractivity contribution in [2.45, 2.75) is 38.0 Å². The Labute approximate surface area is 225 Å². The van der Waals surface area contributed by atoms with Gasteiger partial charge in [0, 0.05) is 36.0 Å². The standard InChI is InChI=1S/C32H37NO5/c1-36-25-12-13-27(28-8-3-4-9-31(28)37-2)30(19-25)33-16-14-22(15-17-33)21-38-26-7-5-6-24(18-26)29(20-32(34)35)23-10-11-23/h3-9,12-13,18-19,22-23,29H,10-11,14-17,20-21H2,1-2H3,(H,34,35)/t29-/m0/s1. The summed E-state index contributed by atoms with van der Waals surface area (Å²) in [5.41, 5.74) is 4.46. The number of para-hydroxylation sites is 1. The minimum absolute atomic E-state index is 0.0830. The molecule has 3 aromatic rings. The van der Waals surface area contributed by atoms with Crippen molar-refractivity contribution in [2.75, 3.05) is 38.8 Å². The van der Waals surface area contributed by atoms with E-state index < -0.39 is 5.97 Å². The molecule has 1 aliphatic carbocycles. The van der Waals surface area contributed by atoms with Crippen molar-refractivity contribution >= 4 is 11.7 Å². The molecular formula is C32H37NO5. The van der Waals surface area contributed by atoms with Crippen molar-refractivity contribution in [1.82, 2.24) is 0 Å². The average molecular weight is 516 g/mol. The Morgan fingerprint density at radius 2 is 1.68 bits per heavy atom. The number of aliphatic carboxylic acids is 1. The van der Waals surface area contributed by atoms with E-state index >= 15 is 0 Å². The maximum Gasteiger partial charge on any atom is 0.303 e. The third kappa shape index (κ3) is 6.07. The van der Waals surface area contributed by atoms with Gasteiger partial charge in [-0.1, -0.05) is 30.3 Å². The van der Waals surface area contributed by atoms with Crippen molar-refractivity contribution in [3.05, 3.63) is 72.3 Å². The Bertz CT molecular complexity index is 1250. The van der Waals surface area contributed by atoms with Gasteiger partial charge in [-0.3, -0.25) is 4.79 Å². The SMILES string of the molecule is COc1ccc(-c2ccccc2OC)c(N2CCC(COc3cccc([C@@H](CC(=O)O)C4CC4)c3)CC2)c1. The van der Waals surface area contributed by atoms with Crippen LogP contribution in [0.5, 0.6) is 17.2 Å². The van der Waals surface area contributed by atoms with Gasteiger partial charge in [0.1, 0.15) is 17.2 Å². The second-order valence-corrected chi connectivity index (χ2v) is 10.4. The molecule has 1 aliphatic heterocycles. The monoisotopic (exact) mass is 515 g/mol. The van der Waals surface area contributed by atoms with E-state index in [1.807, 2.05) is 42.5 Å². The first-order valence-electron chi connectivity index (χ1n) is 13.6. The number of anilines is 1. The number of carbonyl (C=O) groups is 1. The van der Waals surface area contributed by atoms with Crippen molar-refractivity contribution in [3.8, 4) is 28.4 Å². The van der Waals surface area contributed by atoms with Crippen molar-refractivity contribution < 1.29 is 24.1 Å². The molecular weight excluding hydrogens is 478 g/mol. The summed E-state index contributed by atoms with van der Waals surface area (Å²) >= 11 is 0. The fourth-order valence-corrected chi connectivity index (χ4v) is 5.63. The Hall–Kier alpha value is -3.67. The van der Waals surface area contributed by atoms with E-state index in [-0.39, 0.29) is 12.3 Å². The van der Waals surface area contributed by atoms with Gasteiger partial charge >= 0.3 is 5.97 Å². The van der Waals surface area contributed by atoms with Gasteiger partial charge in [0.15, 0.2) is 0 Å².